The lowest BCUT2D eigenvalue weighted by molar-refractivity contribution is 0.184. The molecule has 25 heavy (non-hydrogen) atoms. The van der Waals surface area contributed by atoms with Crippen molar-refractivity contribution in [3.05, 3.63) is 44.8 Å². The van der Waals surface area contributed by atoms with Gasteiger partial charge in [0.1, 0.15) is 11.6 Å². The Balaban J connectivity index is 1.86. The van der Waals surface area contributed by atoms with E-state index in [9.17, 15) is 9.50 Å². The number of rotatable bonds is 3. The molecule has 1 fully saturated rings. The number of thiazole rings is 1. The number of piperidine rings is 1. The molecule has 1 atom stereocenters. The Bertz CT molecular complexity index is 919. The number of aryl methyl sites for hydroxylation is 1. The standard InChI is InChI=1S/C17H18BrFN4OS/c1-10-20-17-23(21-10)16(24)15(25-17)14(22-7-3-2-4-8-22)12-6-5-11(18)9-13(12)19/h5-6,9,14,24H,2-4,7-8H2,1H3. The third-order valence-electron chi connectivity index (χ3n) is 4.57. The number of nitrogens with zero attached hydrogens (tertiary/aromatic N) is 4. The number of hydrogen-bond acceptors (Lipinski definition) is 5. The van der Waals surface area contributed by atoms with E-state index in [0.717, 1.165) is 25.9 Å². The predicted octanol–water partition coefficient (Wildman–Crippen LogP) is 4.28. The fourth-order valence-corrected chi connectivity index (χ4v) is 4.92. The van der Waals surface area contributed by atoms with Gasteiger partial charge in [0.05, 0.1) is 10.9 Å². The molecule has 0 radical (unpaired) electrons. The molecular weight excluding hydrogens is 407 g/mol. The van der Waals surface area contributed by atoms with Gasteiger partial charge in [0.25, 0.3) is 0 Å². The number of aromatic nitrogens is 3. The maximum Gasteiger partial charge on any atom is 0.230 e. The molecule has 4 rings (SSSR count). The molecule has 3 heterocycles. The van der Waals surface area contributed by atoms with Crippen LogP contribution in [-0.4, -0.2) is 37.7 Å². The van der Waals surface area contributed by atoms with Crippen LogP contribution in [0.15, 0.2) is 22.7 Å². The summed E-state index contributed by atoms with van der Waals surface area (Å²) in [6.07, 6.45) is 3.34. The van der Waals surface area contributed by atoms with E-state index in [2.05, 4.69) is 30.9 Å². The van der Waals surface area contributed by atoms with Crippen molar-refractivity contribution >= 4 is 32.2 Å². The van der Waals surface area contributed by atoms with Gasteiger partial charge < -0.3 is 5.11 Å². The lowest BCUT2D eigenvalue weighted by Crippen LogP contribution is -2.34. The van der Waals surface area contributed by atoms with Crippen molar-refractivity contribution in [2.45, 2.75) is 32.2 Å². The van der Waals surface area contributed by atoms with Crippen molar-refractivity contribution in [1.29, 1.82) is 0 Å². The van der Waals surface area contributed by atoms with Gasteiger partial charge in [-0.25, -0.2) is 9.37 Å². The molecule has 0 saturated carbocycles. The minimum Gasteiger partial charge on any atom is -0.492 e. The average Bonchev–Trinajstić information content (AvgIpc) is 3.09. The van der Waals surface area contributed by atoms with Crippen molar-refractivity contribution in [3.8, 4) is 5.88 Å². The molecule has 1 aliphatic heterocycles. The van der Waals surface area contributed by atoms with E-state index in [0.29, 0.717) is 25.7 Å². The van der Waals surface area contributed by atoms with Gasteiger partial charge in [-0.2, -0.15) is 4.52 Å². The summed E-state index contributed by atoms with van der Waals surface area (Å²) >= 11 is 4.69. The molecule has 0 aliphatic carbocycles. The highest BCUT2D eigenvalue weighted by molar-refractivity contribution is 9.10. The van der Waals surface area contributed by atoms with Gasteiger partial charge >= 0.3 is 0 Å². The smallest absolute Gasteiger partial charge is 0.230 e. The van der Waals surface area contributed by atoms with Crippen LogP contribution in [0.3, 0.4) is 0 Å². The number of likely N-dealkylation sites (tertiary alicyclic amines) is 1. The minimum atomic E-state index is -0.331. The summed E-state index contributed by atoms with van der Waals surface area (Å²) in [5, 5.41) is 15.0. The SMILES string of the molecule is Cc1nc2sc(C(c3ccc(Br)cc3F)N3CCCCC3)c(O)n2n1. The lowest BCUT2D eigenvalue weighted by Gasteiger charge is -2.34. The van der Waals surface area contributed by atoms with Crippen LogP contribution < -0.4 is 0 Å². The first-order valence-corrected chi connectivity index (χ1v) is 9.89. The average molecular weight is 425 g/mol. The highest BCUT2D eigenvalue weighted by Gasteiger charge is 2.32. The molecule has 2 aromatic heterocycles. The van der Waals surface area contributed by atoms with Crippen molar-refractivity contribution in [3.63, 3.8) is 0 Å². The van der Waals surface area contributed by atoms with Crippen molar-refractivity contribution in [1.82, 2.24) is 19.5 Å². The summed E-state index contributed by atoms with van der Waals surface area (Å²) in [5.41, 5.74) is 0.571. The first kappa shape index (κ1) is 16.9. The Kier molecular flexibility index (Phi) is 4.51. The van der Waals surface area contributed by atoms with E-state index in [4.69, 9.17) is 0 Å². The second kappa shape index (κ2) is 6.66. The van der Waals surface area contributed by atoms with Crippen LogP contribution in [0.2, 0.25) is 0 Å². The maximum absolute atomic E-state index is 14.7. The van der Waals surface area contributed by atoms with Gasteiger partial charge in [-0.05, 0) is 45.0 Å². The van der Waals surface area contributed by atoms with Gasteiger partial charge in [0.2, 0.25) is 10.8 Å². The molecule has 0 bridgehead atoms. The van der Waals surface area contributed by atoms with Crippen LogP contribution in [0.4, 0.5) is 4.39 Å². The quantitative estimate of drug-likeness (QED) is 0.681. The second-order valence-corrected chi connectivity index (χ2v) is 8.23. The molecule has 5 nitrogen and oxygen atoms in total. The Morgan fingerprint density at radius 2 is 2.04 bits per heavy atom. The zero-order valence-corrected chi connectivity index (χ0v) is 16.1. The first-order chi connectivity index (χ1) is 12.0. The van der Waals surface area contributed by atoms with Gasteiger partial charge in [-0.15, -0.1) is 5.10 Å². The topological polar surface area (TPSA) is 53.7 Å². The number of halogens is 2. The van der Waals surface area contributed by atoms with Crippen molar-refractivity contribution in [2.75, 3.05) is 13.1 Å². The van der Waals surface area contributed by atoms with Crippen LogP contribution in [0, 0.1) is 12.7 Å². The number of fused-ring (bicyclic) bond motifs is 1. The summed E-state index contributed by atoms with van der Waals surface area (Å²) in [7, 11) is 0. The summed E-state index contributed by atoms with van der Waals surface area (Å²) in [6.45, 7) is 3.55. The zero-order chi connectivity index (χ0) is 17.6. The van der Waals surface area contributed by atoms with E-state index in [-0.39, 0.29) is 17.7 Å². The van der Waals surface area contributed by atoms with Crippen molar-refractivity contribution in [2.24, 2.45) is 0 Å². The molecular formula is C17H18BrFN4OS. The Labute approximate surface area is 157 Å². The van der Waals surface area contributed by atoms with E-state index in [1.807, 2.05) is 6.07 Å². The Hall–Kier alpha value is -1.51. The van der Waals surface area contributed by atoms with E-state index >= 15 is 0 Å². The summed E-state index contributed by atoms with van der Waals surface area (Å²) in [6, 6.07) is 4.78. The molecule has 1 unspecified atom stereocenters. The number of hydrogen-bond donors (Lipinski definition) is 1. The Morgan fingerprint density at radius 3 is 2.72 bits per heavy atom. The highest BCUT2D eigenvalue weighted by atomic mass is 79.9. The summed E-state index contributed by atoms with van der Waals surface area (Å²) in [5.74, 6) is 0.385. The van der Waals surface area contributed by atoms with E-state index < -0.39 is 0 Å². The molecule has 1 aliphatic rings. The minimum absolute atomic E-state index is 0.0542. The van der Waals surface area contributed by atoms with Gasteiger partial charge in [0, 0.05) is 10.0 Å². The molecule has 1 saturated heterocycles. The van der Waals surface area contributed by atoms with Crippen molar-refractivity contribution < 1.29 is 9.50 Å². The number of benzene rings is 1. The fraction of sp³-hybridized carbons (Fsp3) is 0.412. The first-order valence-electron chi connectivity index (χ1n) is 8.28. The molecule has 8 heteroatoms. The third kappa shape index (κ3) is 3.07. The largest absolute Gasteiger partial charge is 0.492 e. The number of aromatic hydroxyl groups is 1. The summed E-state index contributed by atoms with van der Waals surface area (Å²) in [4.78, 5) is 7.91. The molecule has 1 aromatic carbocycles. The van der Waals surface area contributed by atoms with Crippen LogP contribution in [0.1, 0.15) is 41.6 Å². The molecule has 0 amide bonds. The maximum atomic E-state index is 14.7. The normalized spacial score (nSPS) is 17.2. The Morgan fingerprint density at radius 1 is 1.28 bits per heavy atom. The van der Waals surface area contributed by atoms with Crippen LogP contribution in [0.25, 0.3) is 4.96 Å². The molecule has 132 valence electrons. The van der Waals surface area contributed by atoms with E-state index in [1.54, 1.807) is 13.0 Å². The predicted molar refractivity (Wildman–Crippen MR) is 98.6 cm³/mol. The summed E-state index contributed by atoms with van der Waals surface area (Å²) < 4.78 is 16.9. The molecule has 3 aromatic rings. The van der Waals surface area contributed by atoms with Crippen LogP contribution >= 0.6 is 27.3 Å². The van der Waals surface area contributed by atoms with Crippen LogP contribution in [-0.2, 0) is 0 Å². The second-order valence-electron chi connectivity index (χ2n) is 6.31. The monoisotopic (exact) mass is 424 g/mol. The van der Waals surface area contributed by atoms with Gasteiger partial charge in [-0.1, -0.05) is 39.8 Å². The van der Waals surface area contributed by atoms with Gasteiger partial charge in [0.15, 0.2) is 0 Å². The van der Waals surface area contributed by atoms with Gasteiger partial charge in [-0.3, -0.25) is 4.90 Å². The molecule has 1 N–H and O–H groups in total. The molecule has 0 spiro atoms. The highest BCUT2D eigenvalue weighted by Crippen LogP contribution is 2.41. The van der Waals surface area contributed by atoms with Crippen LogP contribution in [0.5, 0.6) is 5.88 Å². The lowest BCUT2D eigenvalue weighted by atomic mass is 10.00. The fourth-order valence-electron chi connectivity index (χ4n) is 3.43. The third-order valence-corrected chi connectivity index (χ3v) is 6.13. The van der Waals surface area contributed by atoms with E-state index in [1.165, 1.54) is 28.3 Å². The zero-order valence-electron chi connectivity index (χ0n) is 13.7.